The first-order valence-corrected chi connectivity index (χ1v) is 7.51. The Balaban J connectivity index is 2.13. The Labute approximate surface area is 139 Å². The second-order valence-electron chi connectivity index (χ2n) is 5.50. The molecule has 1 aliphatic rings. The van der Waals surface area contributed by atoms with E-state index in [1.165, 1.54) is 11.8 Å². The third kappa shape index (κ3) is 2.54. The Hall–Kier alpha value is -3.08. The zero-order valence-corrected chi connectivity index (χ0v) is 13.4. The number of Topliss-reactive ketones (excluding diaryl/α,β-unsaturated/α-hetero) is 1. The number of hydrogen-bond acceptors (Lipinski definition) is 4. The fraction of sp³-hybridized carbons (Fsp3) is 0.158. The van der Waals surface area contributed by atoms with Gasteiger partial charge in [-0.1, -0.05) is 30.3 Å². The van der Waals surface area contributed by atoms with E-state index in [4.69, 9.17) is 4.74 Å². The molecule has 0 fully saturated rings. The monoisotopic (exact) mass is 323 g/mol. The van der Waals surface area contributed by atoms with E-state index in [1.807, 2.05) is 30.3 Å². The molecule has 2 aromatic rings. The lowest BCUT2D eigenvalue weighted by Crippen LogP contribution is -2.30. The minimum Gasteiger partial charge on any atom is -0.503 e. The SMILES string of the molecule is COc1ccc(N2C(=O)C(O)=C(C(C)=O)[C@@H]2c2ccccc2)cc1. The first-order chi connectivity index (χ1) is 11.5. The molecule has 1 amide bonds. The summed E-state index contributed by atoms with van der Waals surface area (Å²) < 4.78 is 5.13. The first kappa shape index (κ1) is 15.8. The lowest BCUT2D eigenvalue weighted by atomic mass is 9.96. The van der Waals surface area contributed by atoms with Crippen molar-refractivity contribution in [1.29, 1.82) is 0 Å². The molecule has 0 saturated carbocycles. The lowest BCUT2D eigenvalue weighted by Gasteiger charge is -2.26. The summed E-state index contributed by atoms with van der Waals surface area (Å²) in [5, 5.41) is 10.2. The smallest absolute Gasteiger partial charge is 0.294 e. The van der Waals surface area contributed by atoms with Gasteiger partial charge in [-0.05, 0) is 36.8 Å². The molecule has 1 atom stereocenters. The molecule has 1 N–H and O–H groups in total. The molecular formula is C19H17NO4. The van der Waals surface area contributed by atoms with Crippen LogP contribution in [0.15, 0.2) is 65.9 Å². The zero-order valence-electron chi connectivity index (χ0n) is 13.4. The maximum absolute atomic E-state index is 12.6. The molecule has 3 rings (SSSR count). The summed E-state index contributed by atoms with van der Waals surface area (Å²) in [6, 6.07) is 15.4. The first-order valence-electron chi connectivity index (χ1n) is 7.51. The normalized spacial score (nSPS) is 17.3. The van der Waals surface area contributed by atoms with E-state index in [9.17, 15) is 14.7 Å². The molecule has 0 spiro atoms. The fourth-order valence-corrected chi connectivity index (χ4v) is 2.92. The third-order valence-electron chi connectivity index (χ3n) is 4.05. The standard InChI is InChI=1S/C19H17NO4/c1-12(21)16-17(13-6-4-3-5-7-13)20(19(23)18(16)22)14-8-10-15(24-2)11-9-14/h3-11,17,22H,1-2H3/t17-/m0/s1. The van der Waals surface area contributed by atoms with Gasteiger partial charge in [-0.3, -0.25) is 14.5 Å². The van der Waals surface area contributed by atoms with Crippen molar-refractivity contribution in [2.45, 2.75) is 13.0 Å². The average molecular weight is 323 g/mol. The Morgan fingerprint density at radius 1 is 1.08 bits per heavy atom. The molecule has 24 heavy (non-hydrogen) atoms. The Bertz CT molecular complexity index is 809. The van der Waals surface area contributed by atoms with Crippen molar-refractivity contribution >= 4 is 17.4 Å². The number of amides is 1. The van der Waals surface area contributed by atoms with Crippen molar-refractivity contribution in [3.8, 4) is 5.75 Å². The molecule has 0 radical (unpaired) electrons. The van der Waals surface area contributed by atoms with Crippen LogP contribution in [0.1, 0.15) is 18.5 Å². The number of ether oxygens (including phenoxy) is 1. The quantitative estimate of drug-likeness (QED) is 0.938. The molecular weight excluding hydrogens is 306 g/mol. The molecule has 1 aliphatic heterocycles. The van der Waals surface area contributed by atoms with Gasteiger partial charge >= 0.3 is 0 Å². The van der Waals surface area contributed by atoms with Crippen LogP contribution in [0.25, 0.3) is 0 Å². The summed E-state index contributed by atoms with van der Waals surface area (Å²) in [6.07, 6.45) is 0. The summed E-state index contributed by atoms with van der Waals surface area (Å²) >= 11 is 0. The highest BCUT2D eigenvalue weighted by Gasteiger charge is 2.43. The van der Waals surface area contributed by atoms with Gasteiger partial charge in [0.15, 0.2) is 11.5 Å². The van der Waals surface area contributed by atoms with Crippen molar-refractivity contribution in [2.75, 3.05) is 12.0 Å². The molecule has 2 aromatic carbocycles. The molecule has 0 aromatic heterocycles. The fourth-order valence-electron chi connectivity index (χ4n) is 2.92. The maximum Gasteiger partial charge on any atom is 0.294 e. The highest BCUT2D eigenvalue weighted by Crippen LogP contribution is 2.41. The van der Waals surface area contributed by atoms with Gasteiger partial charge in [0.2, 0.25) is 0 Å². The van der Waals surface area contributed by atoms with Gasteiger partial charge in [0.05, 0.1) is 18.7 Å². The van der Waals surface area contributed by atoms with Crippen LogP contribution in [0.5, 0.6) is 5.75 Å². The van der Waals surface area contributed by atoms with E-state index in [1.54, 1.807) is 31.4 Å². The summed E-state index contributed by atoms with van der Waals surface area (Å²) in [5.74, 6) is -0.747. The number of hydrogen-bond donors (Lipinski definition) is 1. The van der Waals surface area contributed by atoms with Gasteiger partial charge in [-0.15, -0.1) is 0 Å². The Morgan fingerprint density at radius 3 is 2.25 bits per heavy atom. The van der Waals surface area contributed by atoms with E-state index in [0.717, 1.165) is 5.56 Å². The average Bonchev–Trinajstić information content (AvgIpc) is 2.87. The Kier molecular flexibility index (Phi) is 4.08. The molecule has 0 saturated heterocycles. The van der Waals surface area contributed by atoms with Crippen LogP contribution >= 0.6 is 0 Å². The van der Waals surface area contributed by atoms with Crippen molar-refractivity contribution in [3.05, 3.63) is 71.5 Å². The molecule has 5 heteroatoms. The van der Waals surface area contributed by atoms with Gasteiger partial charge in [0.25, 0.3) is 5.91 Å². The molecule has 122 valence electrons. The number of carbonyl (C=O) groups is 2. The topological polar surface area (TPSA) is 66.8 Å². The van der Waals surface area contributed by atoms with Crippen LogP contribution < -0.4 is 9.64 Å². The van der Waals surface area contributed by atoms with Crippen molar-refractivity contribution in [3.63, 3.8) is 0 Å². The number of anilines is 1. The minimum absolute atomic E-state index is 0.113. The number of nitrogens with zero attached hydrogens (tertiary/aromatic N) is 1. The number of ketones is 1. The van der Waals surface area contributed by atoms with Crippen molar-refractivity contribution in [2.24, 2.45) is 0 Å². The number of aliphatic hydroxyl groups is 1. The Morgan fingerprint density at radius 2 is 1.71 bits per heavy atom. The van der Waals surface area contributed by atoms with E-state index in [-0.39, 0.29) is 11.4 Å². The second-order valence-corrected chi connectivity index (χ2v) is 5.50. The van der Waals surface area contributed by atoms with E-state index >= 15 is 0 Å². The molecule has 0 bridgehead atoms. The van der Waals surface area contributed by atoms with Crippen LogP contribution in [0, 0.1) is 0 Å². The van der Waals surface area contributed by atoms with Crippen LogP contribution in [-0.2, 0) is 9.59 Å². The molecule has 1 heterocycles. The lowest BCUT2D eigenvalue weighted by molar-refractivity contribution is -0.117. The molecule has 5 nitrogen and oxygen atoms in total. The summed E-state index contributed by atoms with van der Waals surface area (Å²) in [5.41, 5.74) is 1.45. The highest BCUT2D eigenvalue weighted by atomic mass is 16.5. The van der Waals surface area contributed by atoms with Gasteiger partial charge < -0.3 is 9.84 Å². The van der Waals surface area contributed by atoms with E-state index in [2.05, 4.69) is 0 Å². The summed E-state index contributed by atoms with van der Waals surface area (Å²) in [6.45, 7) is 1.35. The van der Waals surface area contributed by atoms with Crippen LogP contribution in [0.2, 0.25) is 0 Å². The van der Waals surface area contributed by atoms with E-state index in [0.29, 0.717) is 11.4 Å². The largest absolute Gasteiger partial charge is 0.503 e. The van der Waals surface area contributed by atoms with E-state index < -0.39 is 17.7 Å². The van der Waals surface area contributed by atoms with Gasteiger partial charge in [-0.2, -0.15) is 0 Å². The molecule has 0 aliphatic carbocycles. The van der Waals surface area contributed by atoms with Gasteiger partial charge in [0, 0.05) is 5.69 Å². The molecule has 0 unspecified atom stereocenters. The summed E-state index contributed by atoms with van der Waals surface area (Å²) in [7, 11) is 1.56. The van der Waals surface area contributed by atoms with Gasteiger partial charge in [-0.25, -0.2) is 0 Å². The number of benzene rings is 2. The zero-order chi connectivity index (χ0) is 17.3. The van der Waals surface area contributed by atoms with Crippen molar-refractivity contribution in [1.82, 2.24) is 0 Å². The minimum atomic E-state index is -0.649. The second kappa shape index (κ2) is 6.20. The predicted molar refractivity (Wildman–Crippen MR) is 90.0 cm³/mol. The van der Waals surface area contributed by atoms with Gasteiger partial charge in [0.1, 0.15) is 5.75 Å². The maximum atomic E-state index is 12.6. The van der Waals surface area contributed by atoms with Crippen LogP contribution in [0.4, 0.5) is 5.69 Å². The third-order valence-corrected chi connectivity index (χ3v) is 4.05. The van der Waals surface area contributed by atoms with Crippen LogP contribution in [-0.4, -0.2) is 23.9 Å². The number of methoxy groups -OCH3 is 1. The van der Waals surface area contributed by atoms with Crippen LogP contribution in [0.3, 0.4) is 0 Å². The summed E-state index contributed by atoms with van der Waals surface area (Å²) in [4.78, 5) is 26.1. The highest BCUT2D eigenvalue weighted by molar-refractivity contribution is 6.16. The van der Waals surface area contributed by atoms with Crippen molar-refractivity contribution < 1.29 is 19.4 Å². The number of aliphatic hydroxyl groups excluding tert-OH is 1. The number of carbonyl (C=O) groups excluding carboxylic acids is 2. The number of rotatable bonds is 4. The predicted octanol–water partition coefficient (Wildman–Crippen LogP) is 3.18.